The van der Waals surface area contributed by atoms with Gasteiger partial charge in [0, 0.05) is 19.0 Å². The molecule has 19 heavy (non-hydrogen) atoms. The lowest BCUT2D eigenvalue weighted by atomic mass is 10.1. The van der Waals surface area contributed by atoms with E-state index in [-0.39, 0.29) is 23.3 Å². The Morgan fingerprint density at radius 2 is 2.32 bits per heavy atom. The van der Waals surface area contributed by atoms with Gasteiger partial charge >= 0.3 is 5.69 Å². The zero-order valence-corrected chi connectivity index (χ0v) is 11.3. The molecule has 0 radical (unpaired) electrons. The van der Waals surface area contributed by atoms with Gasteiger partial charge in [0.05, 0.1) is 17.7 Å². The second-order valence-corrected chi connectivity index (χ2v) is 4.74. The summed E-state index contributed by atoms with van der Waals surface area (Å²) in [6.07, 6.45) is 0.434. The van der Waals surface area contributed by atoms with Crippen LogP contribution in [0.25, 0.3) is 0 Å². The van der Waals surface area contributed by atoms with E-state index in [2.05, 4.69) is 12.6 Å². The van der Waals surface area contributed by atoms with Crippen LogP contribution in [0.1, 0.15) is 6.42 Å². The second-order valence-electron chi connectivity index (χ2n) is 4.37. The molecule has 0 aromatic heterocycles. The van der Waals surface area contributed by atoms with Crippen molar-refractivity contribution in [3.8, 4) is 5.75 Å². The van der Waals surface area contributed by atoms with Gasteiger partial charge in [-0.25, -0.2) is 0 Å². The van der Waals surface area contributed by atoms with Crippen molar-refractivity contribution in [2.45, 2.75) is 6.42 Å². The Balaban J connectivity index is 2.33. The summed E-state index contributed by atoms with van der Waals surface area (Å²) in [7, 11) is 1.37. The highest BCUT2D eigenvalue weighted by atomic mass is 32.1. The third kappa shape index (κ3) is 2.65. The number of nitro benzene ring substituents is 1. The first-order valence-electron chi connectivity index (χ1n) is 5.80. The van der Waals surface area contributed by atoms with E-state index in [0.717, 1.165) is 0 Å². The Hall–Kier alpha value is -1.76. The van der Waals surface area contributed by atoms with Gasteiger partial charge < -0.3 is 9.64 Å². The molecule has 102 valence electrons. The molecule has 6 nitrogen and oxygen atoms in total. The van der Waals surface area contributed by atoms with Gasteiger partial charge in [-0.05, 0) is 23.8 Å². The number of thiol groups is 1. The van der Waals surface area contributed by atoms with Gasteiger partial charge in [-0.3, -0.25) is 14.9 Å². The Kier molecular flexibility index (Phi) is 3.94. The average molecular weight is 282 g/mol. The molecule has 1 aromatic rings. The van der Waals surface area contributed by atoms with Crippen molar-refractivity contribution in [3.63, 3.8) is 0 Å². The van der Waals surface area contributed by atoms with Crippen LogP contribution in [0, 0.1) is 16.0 Å². The van der Waals surface area contributed by atoms with Crippen LogP contribution in [-0.4, -0.2) is 30.2 Å². The zero-order chi connectivity index (χ0) is 14.0. The fourth-order valence-corrected chi connectivity index (χ4v) is 2.39. The maximum Gasteiger partial charge on any atom is 0.312 e. The molecule has 0 saturated carbocycles. The minimum Gasteiger partial charge on any atom is -0.490 e. The monoisotopic (exact) mass is 282 g/mol. The van der Waals surface area contributed by atoms with Crippen molar-refractivity contribution in [3.05, 3.63) is 28.3 Å². The van der Waals surface area contributed by atoms with E-state index in [4.69, 9.17) is 4.74 Å². The Morgan fingerprint density at radius 3 is 2.84 bits per heavy atom. The fraction of sp³-hybridized carbons (Fsp3) is 0.417. The number of hydrogen-bond donors (Lipinski definition) is 1. The number of benzene rings is 1. The van der Waals surface area contributed by atoms with E-state index in [1.165, 1.54) is 19.2 Å². The lowest BCUT2D eigenvalue weighted by Gasteiger charge is -2.16. The van der Waals surface area contributed by atoms with Crippen molar-refractivity contribution >= 4 is 29.9 Å². The van der Waals surface area contributed by atoms with Gasteiger partial charge in [-0.1, -0.05) is 0 Å². The van der Waals surface area contributed by atoms with Gasteiger partial charge in [-0.2, -0.15) is 12.6 Å². The lowest BCUT2D eigenvalue weighted by Crippen LogP contribution is -2.24. The minimum absolute atomic E-state index is 0.0292. The number of anilines is 1. The summed E-state index contributed by atoms with van der Waals surface area (Å²) < 4.78 is 4.94. The number of ether oxygens (including phenoxy) is 1. The number of amides is 1. The molecule has 1 aliphatic rings. The molecule has 1 unspecified atom stereocenters. The van der Waals surface area contributed by atoms with Crippen LogP contribution in [-0.2, 0) is 4.79 Å². The van der Waals surface area contributed by atoms with Crippen LogP contribution in [0.2, 0.25) is 0 Å². The van der Waals surface area contributed by atoms with E-state index >= 15 is 0 Å². The highest BCUT2D eigenvalue weighted by Gasteiger charge is 2.31. The van der Waals surface area contributed by atoms with Gasteiger partial charge in [0.2, 0.25) is 5.91 Å². The molecule has 1 aromatic carbocycles. The van der Waals surface area contributed by atoms with Crippen molar-refractivity contribution in [1.82, 2.24) is 0 Å². The molecule has 1 fully saturated rings. The Labute approximate surface area is 115 Å². The zero-order valence-electron chi connectivity index (χ0n) is 10.4. The standard InChI is InChI=1S/C12H14N2O4S/c1-18-11-3-2-9(5-10(11)14(16)17)13-6-8(7-19)4-12(13)15/h2-3,5,8,19H,4,6-7H2,1H3. The second kappa shape index (κ2) is 5.48. The van der Waals surface area contributed by atoms with E-state index < -0.39 is 4.92 Å². The van der Waals surface area contributed by atoms with Crippen LogP contribution in [0.4, 0.5) is 11.4 Å². The van der Waals surface area contributed by atoms with Crippen LogP contribution < -0.4 is 9.64 Å². The van der Waals surface area contributed by atoms with Gasteiger partial charge in [0.1, 0.15) is 0 Å². The van der Waals surface area contributed by atoms with Gasteiger partial charge in [0.25, 0.3) is 0 Å². The molecular formula is C12H14N2O4S. The summed E-state index contributed by atoms with van der Waals surface area (Å²) in [4.78, 5) is 23.9. The van der Waals surface area contributed by atoms with Crippen molar-refractivity contribution in [1.29, 1.82) is 0 Å². The quantitative estimate of drug-likeness (QED) is 0.520. The van der Waals surface area contributed by atoms with E-state index in [1.807, 2.05) is 0 Å². The van der Waals surface area contributed by atoms with E-state index in [0.29, 0.717) is 24.4 Å². The summed E-state index contributed by atoms with van der Waals surface area (Å²) in [5.74, 6) is 0.974. The highest BCUT2D eigenvalue weighted by Crippen LogP contribution is 2.33. The van der Waals surface area contributed by atoms with Crippen molar-refractivity contribution < 1.29 is 14.5 Å². The number of carbonyl (C=O) groups excluding carboxylic acids is 1. The summed E-state index contributed by atoms with van der Waals surface area (Å²) in [5.41, 5.74) is 0.393. The van der Waals surface area contributed by atoms with Crippen LogP contribution >= 0.6 is 12.6 Å². The summed E-state index contributed by atoms with van der Waals surface area (Å²) in [6.45, 7) is 0.547. The smallest absolute Gasteiger partial charge is 0.312 e. The largest absolute Gasteiger partial charge is 0.490 e. The maximum absolute atomic E-state index is 11.9. The third-order valence-corrected chi connectivity index (χ3v) is 3.65. The topological polar surface area (TPSA) is 72.7 Å². The predicted octanol–water partition coefficient (Wildman–Crippen LogP) is 1.89. The van der Waals surface area contributed by atoms with Gasteiger partial charge in [0.15, 0.2) is 5.75 Å². The molecule has 1 amide bonds. The van der Waals surface area contributed by atoms with Crippen LogP contribution in [0.3, 0.4) is 0 Å². The summed E-state index contributed by atoms with van der Waals surface area (Å²) in [5, 5.41) is 11.0. The fourth-order valence-electron chi connectivity index (χ4n) is 2.14. The van der Waals surface area contributed by atoms with Crippen LogP contribution in [0.5, 0.6) is 5.75 Å². The molecule has 1 aliphatic heterocycles. The van der Waals surface area contributed by atoms with E-state index in [1.54, 1.807) is 11.0 Å². The number of hydrogen-bond acceptors (Lipinski definition) is 5. The number of nitro groups is 1. The molecule has 0 N–H and O–H groups in total. The molecular weight excluding hydrogens is 268 g/mol. The number of nitrogens with zero attached hydrogens (tertiary/aromatic N) is 2. The number of rotatable bonds is 4. The molecule has 2 rings (SSSR count). The molecule has 7 heteroatoms. The predicted molar refractivity (Wildman–Crippen MR) is 74.0 cm³/mol. The summed E-state index contributed by atoms with van der Waals surface area (Å²) in [6, 6.07) is 4.54. The number of methoxy groups -OCH3 is 1. The van der Waals surface area contributed by atoms with Crippen LogP contribution in [0.15, 0.2) is 18.2 Å². The molecule has 0 aliphatic carbocycles. The number of carbonyl (C=O) groups is 1. The highest BCUT2D eigenvalue weighted by molar-refractivity contribution is 7.80. The minimum atomic E-state index is -0.515. The average Bonchev–Trinajstić information content (AvgIpc) is 2.79. The third-order valence-electron chi connectivity index (χ3n) is 3.13. The maximum atomic E-state index is 11.9. The molecule has 0 spiro atoms. The van der Waals surface area contributed by atoms with Gasteiger partial charge in [-0.15, -0.1) is 0 Å². The molecule has 0 bridgehead atoms. The Bertz CT molecular complexity index is 520. The van der Waals surface area contributed by atoms with E-state index in [9.17, 15) is 14.9 Å². The normalized spacial score (nSPS) is 18.7. The molecule has 1 saturated heterocycles. The summed E-state index contributed by atoms with van der Waals surface area (Å²) >= 11 is 4.19. The SMILES string of the molecule is COc1ccc(N2CC(CS)CC2=O)cc1[N+](=O)[O-]. The Morgan fingerprint density at radius 1 is 1.58 bits per heavy atom. The first-order chi connectivity index (χ1) is 9.06. The first kappa shape index (κ1) is 13.7. The van der Waals surface area contributed by atoms with Crippen molar-refractivity contribution in [2.24, 2.45) is 5.92 Å². The van der Waals surface area contributed by atoms with Crippen molar-refractivity contribution in [2.75, 3.05) is 24.3 Å². The molecule has 1 heterocycles. The lowest BCUT2D eigenvalue weighted by molar-refractivity contribution is -0.385. The first-order valence-corrected chi connectivity index (χ1v) is 6.43. The molecule has 1 atom stereocenters.